The summed E-state index contributed by atoms with van der Waals surface area (Å²) >= 11 is 0. The average Bonchev–Trinajstić information content (AvgIpc) is 2.76. The zero-order valence-electron chi connectivity index (χ0n) is 8.79. The Hall–Kier alpha value is -2.17. The van der Waals surface area contributed by atoms with Crippen LogP contribution in [0.4, 0.5) is 0 Å². The molecule has 0 fully saturated rings. The lowest BCUT2D eigenvalue weighted by atomic mass is 10.2. The first-order valence-electron chi connectivity index (χ1n) is 4.95. The van der Waals surface area contributed by atoms with Gasteiger partial charge in [0.15, 0.2) is 5.82 Å². The molecule has 2 aromatic heterocycles. The average molecular weight is 217 g/mol. The number of carbonyl (C=O) groups is 1. The minimum Gasteiger partial charge on any atom is -0.478 e. The Morgan fingerprint density at radius 3 is 2.94 bits per heavy atom. The molecule has 1 N–H and O–H groups in total. The summed E-state index contributed by atoms with van der Waals surface area (Å²) in [5, 5.41) is 13.1. The summed E-state index contributed by atoms with van der Waals surface area (Å²) in [7, 11) is 0. The summed E-state index contributed by atoms with van der Waals surface area (Å²) in [4.78, 5) is 15.1. The van der Waals surface area contributed by atoms with Crippen LogP contribution in [0.1, 0.15) is 23.0 Å². The summed E-state index contributed by atoms with van der Waals surface area (Å²) in [5.74, 6) is -0.641. The van der Waals surface area contributed by atoms with Gasteiger partial charge in [-0.2, -0.15) is 5.10 Å². The van der Waals surface area contributed by atoms with E-state index in [1.165, 1.54) is 6.07 Å². The first kappa shape index (κ1) is 10.4. The van der Waals surface area contributed by atoms with E-state index in [9.17, 15) is 4.79 Å². The molecule has 0 atom stereocenters. The van der Waals surface area contributed by atoms with Gasteiger partial charge < -0.3 is 5.11 Å². The second-order valence-electron chi connectivity index (χ2n) is 3.27. The second-order valence-corrected chi connectivity index (χ2v) is 3.27. The molecule has 0 saturated heterocycles. The molecule has 0 aliphatic rings. The highest BCUT2D eigenvalue weighted by molar-refractivity contribution is 5.90. The number of carboxylic acids is 1. The molecule has 0 radical (unpaired) electrons. The molecular weight excluding hydrogens is 206 g/mol. The van der Waals surface area contributed by atoms with Crippen LogP contribution in [0.5, 0.6) is 0 Å². The van der Waals surface area contributed by atoms with E-state index in [4.69, 9.17) is 5.11 Å². The van der Waals surface area contributed by atoms with Crippen molar-refractivity contribution in [3.8, 4) is 5.82 Å². The van der Waals surface area contributed by atoms with Crippen LogP contribution in [0, 0.1) is 0 Å². The van der Waals surface area contributed by atoms with Crippen molar-refractivity contribution in [3.05, 3.63) is 41.9 Å². The van der Waals surface area contributed by atoms with E-state index in [1.54, 1.807) is 23.1 Å². The number of aromatic carboxylic acids is 1. The minimum atomic E-state index is -0.999. The summed E-state index contributed by atoms with van der Waals surface area (Å²) in [6, 6.07) is 4.97. The van der Waals surface area contributed by atoms with Gasteiger partial charge in [-0.1, -0.05) is 6.92 Å². The van der Waals surface area contributed by atoms with E-state index in [2.05, 4.69) is 10.1 Å². The molecule has 0 aromatic carbocycles. The molecule has 0 spiro atoms. The van der Waals surface area contributed by atoms with Gasteiger partial charge in [0.2, 0.25) is 0 Å². The van der Waals surface area contributed by atoms with Crippen LogP contribution in [-0.2, 0) is 6.42 Å². The van der Waals surface area contributed by atoms with Gasteiger partial charge in [0.05, 0.1) is 0 Å². The zero-order chi connectivity index (χ0) is 11.5. The van der Waals surface area contributed by atoms with Gasteiger partial charge in [0.1, 0.15) is 5.56 Å². The number of hydrogen-bond donors (Lipinski definition) is 1. The highest BCUT2D eigenvalue weighted by Gasteiger charge is 2.14. The molecule has 0 aliphatic heterocycles. The fourth-order valence-corrected chi connectivity index (χ4v) is 1.52. The molecule has 0 bridgehead atoms. The van der Waals surface area contributed by atoms with E-state index in [0.717, 1.165) is 12.1 Å². The third kappa shape index (κ3) is 1.67. The fraction of sp³-hybridized carbons (Fsp3) is 0.182. The SMILES string of the molecule is CCc1ccnn1-c1ncccc1C(=O)O. The number of nitrogens with zero attached hydrogens (tertiary/aromatic N) is 3. The Morgan fingerprint density at radius 1 is 1.44 bits per heavy atom. The van der Waals surface area contributed by atoms with Crippen LogP contribution in [0.15, 0.2) is 30.6 Å². The van der Waals surface area contributed by atoms with Crippen molar-refractivity contribution in [2.45, 2.75) is 13.3 Å². The second kappa shape index (κ2) is 4.14. The monoisotopic (exact) mass is 217 g/mol. The van der Waals surface area contributed by atoms with E-state index >= 15 is 0 Å². The highest BCUT2D eigenvalue weighted by Crippen LogP contribution is 2.13. The number of pyridine rings is 1. The summed E-state index contributed by atoms with van der Waals surface area (Å²) in [6.07, 6.45) is 3.97. The number of aromatic nitrogens is 3. The predicted molar refractivity (Wildman–Crippen MR) is 57.7 cm³/mol. The molecular formula is C11H11N3O2. The first-order valence-corrected chi connectivity index (χ1v) is 4.95. The molecule has 2 aromatic rings. The Bertz CT molecular complexity index is 519. The Labute approximate surface area is 92.4 Å². The molecule has 82 valence electrons. The molecule has 2 heterocycles. The fourth-order valence-electron chi connectivity index (χ4n) is 1.52. The lowest BCUT2D eigenvalue weighted by molar-refractivity contribution is 0.0696. The van der Waals surface area contributed by atoms with Crippen LogP contribution in [0.3, 0.4) is 0 Å². The van der Waals surface area contributed by atoms with E-state index in [-0.39, 0.29) is 5.56 Å². The quantitative estimate of drug-likeness (QED) is 0.846. The Morgan fingerprint density at radius 2 is 2.25 bits per heavy atom. The molecule has 0 unspecified atom stereocenters. The van der Waals surface area contributed by atoms with Crippen molar-refractivity contribution >= 4 is 5.97 Å². The van der Waals surface area contributed by atoms with E-state index in [1.807, 2.05) is 13.0 Å². The molecule has 16 heavy (non-hydrogen) atoms. The molecule has 2 rings (SSSR count). The largest absolute Gasteiger partial charge is 0.478 e. The predicted octanol–water partition coefficient (Wildman–Crippen LogP) is 1.53. The molecule has 0 aliphatic carbocycles. The van der Waals surface area contributed by atoms with E-state index in [0.29, 0.717) is 5.82 Å². The van der Waals surface area contributed by atoms with Gasteiger partial charge in [-0.15, -0.1) is 0 Å². The van der Waals surface area contributed by atoms with Gasteiger partial charge in [-0.25, -0.2) is 14.5 Å². The molecule has 5 heteroatoms. The normalized spacial score (nSPS) is 10.3. The topological polar surface area (TPSA) is 68.0 Å². The number of hydrogen-bond acceptors (Lipinski definition) is 3. The minimum absolute atomic E-state index is 0.154. The van der Waals surface area contributed by atoms with Crippen molar-refractivity contribution in [2.75, 3.05) is 0 Å². The molecule has 5 nitrogen and oxygen atoms in total. The summed E-state index contributed by atoms with van der Waals surface area (Å²) in [5.41, 5.74) is 1.09. The third-order valence-corrected chi connectivity index (χ3v) is 2.30. The maximum absolute atomic E-state index is 11.0. The van der Waals surface area contributed by atoms with Crippen LogP contribution in [0.2, 0.25) is 0 Å². The summed E-state index contributed by atoms with van der Waals surface area (Å²) < 4.78 is 1.56. The van der Waals surface area contributed by atoms with Gasteiger partial charge in [-0.3, -0.25) is 0 Å². The van der Waals surface area contributed by atoms with Gasteiger partial charge >= 0.3 is 5.97 Å². The summed E-state index contributed by atoms with van der Waals surface area (Å²) in [6.45, 7) is 1.98. The van der Waals surface area contributed by atoms with Crippen molar-refractivity contribution in [1.82, 2.24) is 14.8 Å². The third-order valence-electron chi connectivity index (χ3n) is 2.30. The number of carboxylic acid groups (broad SMARTS) is 1. The van der Waals surface area contributed by atoms with Crippen molar-refractivity contribution < 1.29 is 9.90 Å². The first-order chi connectivity index (χ1) is 7.74. The smallest absolute Gasteiger partial charge is 0.339 e. The Balaban J connectivity index is 2.60. The van der Waals surface area contributed by atoms with E-state index < -0.39 is 5.97 Å². The van der Waals surface area contributed by atoms with Crippen LogP contribution in [0.25, 0.3) is 5.82 Å². The molecule has 0 amide bonds. The zero-order valence-corrected chi connectivity index (χ0v) is 8.79. The Kier molecular flexibility index (Phi) is 2.68. The highest BCUT2D eigenvalue weighted by atomic mass is 16.4. The maximum atomic E-state index is 11.0. The van der Waals surface area contributed by atoms with Gasteiger partial charge in [-0.05, 0) is 24.6 Å². The standard InChI is InChI=1S/C11H11N3O2/c1-2-8-5-7-13-14(8)10-9(11(15)16)4-3-6-12-10/h3-7H,2H2,1H3,(H,15,16). The van der Waals surface area contributed by atoms with Gasteiger partial charge in [0.25, 0.3) is 0 Å². The number of aryl methyl sites for hydroxylation is 1. The van der Waals surface area contributed by atoms with Crippen LogP contribution < -0.4 is 0 Å². The van der Waals surface area contributed by atoms with Crippen LogP contribution >= 0.6 is 0 Å². The van der Waals surface area contributed by atoms with Crippen molar-refractivity contribution in [3.63, 3.8) is 0 Å². The lowest BCUT2D eigenvalue weighted by Gasteiger charge is -2.07. The van der Waals surface area contributed by atoms with Crippen molar-refractivity contribution in [2.24, 2.45) is 0 Å². The molecule has 0 saturated carbocycles. The van der Waals surface area contributed by atoms with Gasteiger partial charge in [0, 0.05) is 18.1 Å². The number of rotatable bonds is 3. The van der Waals surface area contributed by atoms with Crippen LogP contribution in [-0.4, -0.2) is 25.8 Å². The van der Waals surface area contributed by atoms with Crippen molar-refractivity contribution in [1.29, 1.82) is 0 Å². The maximum Gasteiger partial charge on any atom is 0.339 e. The lowest BCUT2D eigenvalue weighted by Crippen LogP contribution is -2.10.